The molecule has 0 saturated carbocycles. The minimum atomic E-state index is -0.455. The molecular weight excluding hydrogens is 368 g/mol. The average Bonchev–Trinajstić information content (AvgIpc) is 3.22. The summed E-state index contributed by atoms with van der Waals surface area (Å²) in [6.07, 6.45) is -0.455. The fourth-order valence-corrected chi connectivity index (χ4v) is 3.84. The standard InChI is InChI=1S/C23H28N2O4/c1-17(2)25(14-19-9-6-10-20-22(19)29-16-28-20)23(26)21-15-24(11-12-27-21)13-18-7-4-3-5-8-18/h3-10,17,21H,11-16H2,1-2H3. The topological polar surface area (TPSA) is 51.2 Å². The van der Waals surface area contributed by atoms with Crippen LogP contribution < -0.4 is 9.47 Å². The second kappa shape index (κ2) is 8.84. The molecule has 1 fully saturated rings. The number of carbonyl (C=O) groups is 1. The number of ether oxygens (including phenoxy) is 3. The van der Waals surface area contributed by atoms with Crippen LogP contribution in [0, 0.1) is 0 Å². The predicted molar refractivity (Wildman–Crippen MR) is 110 cm³/mol. The highest BCUT2D eigenvalue weighted by molar-refractivity contribution is 5.81. The number of carbonyl (C=O) groups excluding carboxylic acids is 1. The van der Waals surface area contributed by atoms with Crippen LogP contribution in [0.3, 0.4) is 0 Å². The lowest BCUT2D eigenvalue weighted by molar-refractivity contribution is -0.152. The molecule has 0 aromatic heterocycles. The number of nitrogens with zero attached hydrogens (tertiary/aromatic N) is 2. The second-order valence-electron chi connectivity index (χ2n) is 7.79. The van der Waals surface area contributed by atoms with E-state index in [1.807, 2.05) is 55.1 Å². The fraction of sp³-hybridized carbons (Fsp3) is 0.435. The largest absolute Gasteiger partial charge is 0.454 e. The van der Waals surface area contributed by atoms with E-state index >= 15 is 0 Å². The summed E-state index contributed by atoms with van der Waals surface area (Å²) in [7, 11) is 0. The van der Waals surface area contributed by atoms with Crippen molar-refractivity contribution in [2.75, 3.05) is 26.5 Å². The van der Waals surface area contributed by atoms with E-state index in [1.54, 1.807) is 0 Å². The summed E-state index contributed by atoms with van der Waals surface area (Å²) >= 11 is 0. The number of rotatable bonds is 6. The molecule has 1 amide bonds. The Balaban J connectivity index is 1.45. The highest BCUT2D eigenvalue weighted by Gasteiger charge is 2.32. The second-order valence-corrected chi connectivity index (χ2v) is 7.79. The number of fused-ring (bicyclic) bond motifs is 1. The smallest absolute Gasteiger partial charge is 0.253 e. The Labute approximate surface area is 172 Å². The van der Waals surface area contributed by atoms with Crippen LogP contribution in [0.4, 0.5) is 0 Å². The van der Waals surface area contributed by atoms with Gasteiger partial charge in [-0.3, -0.25) is 9.69 Å². The molecule has 0 N–H and O–H groups in total. The number of hydrogen-bond donors (Lipinski definition) is 0. The number of para-hydroxylation sites is 1. The molecule has 6 heteroatoms. The molecule has 29 heavy (non-hydrogen) atoms. The SMILES string of the molecule is CC(C)N(Cc1cccc2c1OCO2)C(=O)C1CN(Cc2ccccc2)CCO1. The third-order valence-electron chi connectivity index (χ3n) is 5.40. The van der Waals surface area contributed by atoms with Crippen molar-refractivity contribution in [3.8, 4) is 11.5 Å². The molecule has 2 aliphatic rings. The van der Waals surface area contributed by atoms with Crippen LogP contribution in [0.5, 0.6) is 11.5 Å². The molecule has 6 nitrogen and oxygen atoms in total. The maximum atomic E-state index is 13.3. The maximum Gasteiger partial charge on any atom is 0.253 e. The Morgan fingerprint density at radius 1 is 1.14 bits per heavy atom. The van der Waals surface area contributed by atoms with Crippen molar-refractivity contribution in [3.05, 3.63) is 59.7 Å². The zero-order chi connectivity index (χ0) is 20.2. The molecule has 2 aromatic rings. The first-order valence-electron chi connectivity index (χ1n) is 10.2. The van der Waals surface area contributed by atoms with Crippen LogP contribution in [0.15, 0.2) is 48.5 Å². The van der Waals surface area contributed by atoms with Crippen LogP contribution in [0.2, 0.25) is 0 Å². The zero-order valence-electron chi connectivity index (χ0n) is 17.0. The quantitative estimate of drug-likeness (QED) is 0.751. The Kier molecular flexibility index (Phi) is 6.02. The monoisotopic (exact) mass is 396 g/mol. The van der Waals surface area contributed by atoms with E-state index in [0.717, 1.165) is 30.2 Å². The van der Waals surface area contributed by atoms with Crippen molar-refractivity contribution < 1.29 is 19.0 Å². The molecule has 2 aromatic carbocycles. The van der Waals surface area contributed by atoms with Crippen molar-refractivity contribution >= 4 is 5.91 Å². The number of hydrogen-bond acceptors (Lipinski definition) is 5. The summed E-state index contributed by atoms with van der Waals surface area (Å²) in [5.74, 6) is 1.50. The lowest BCUT2D eigenvalue weighted by Crippen LogP contribution is -2.52. The number of amides is 1. The molecule has 1 unspecified atom stereocenters. The van der Waals surface area contributed by atoms with E-state index in [4.69, 9.17) is 14.2 Å². The normalized spacial score (nSPS) is 18.8. The van der Waals surface area contributed by atoms with Crippen molar-refractivity contribution in [2.45, 2.75) is 39.1 Å². The van der Waals surface area contributed by atoms with Crippen LogP contribution in [0.1, 0.15) is 25.0 Å². The number of morpholine rings is 1. The summed E-state index contributed by atoms with van der Waals surface area (Å²) in [4.78, 5) is 17.5. The van der Waals surface area contributed by atoms with E-state index in [2.05, 4.69) is 17.0 Å². The molecule has 0 aliphatic carbocycles. The van der Waals surface area contributed by atoms with Crippen molar-refractivity contribution in [1.29, 1.82) is 0 Å². The number of benzene rings is 2. The molecule has 0 radical (unpaired) electrons. The first-order valence-corrected chi connectivity index (χ1v) is 10.2. The van der Waals surface area contributed by atoms with Gasteiger partial charge in [-0.15, -0.1) is 0 Å². The van der Waals surface area contributed by atoms with Crippen molar-refractivity contribution in [3.63, 3.8) is 0 Å². The summed E-state index contributed by atoms with van der Waals surface area (Å²) in [6.45, 7) is 7.58. The molecule has 1 atom stereocenters. The molecule has 2 heterocycles. The Bertz CT molecular complexity index is 840. The van der Waals surface area contributed by atoms with Gasteiger partial charge >= 0.3 is 0 Å². The van der Waals surface area contributed by atoms with Crippen molar-refractivity contribution in [2.24, 2.45) is 0 Å². The third kappa shape index (κ3) is 4.54. The van der Waals surface area contributed by atoms with Gasteiger partial charge in [-0.1, -0.05) is 42.5 Å². The minimum absolute atomic E-state index is 0.0225. The van der Waals surface area contributed by atoms with E-state index in [-0.39, 0.29) is 18.7 Å². The van der Waals surface area contributed by atoms with Gasteiger partial charge in [0, 0.05) is 37.8 Å². The van der Waals surface area contributed by atoms with E-state index < -0.39 is 6.10 Å². The van der Waals surface area contributed by atoms with Gasteiger partial charge in [-0.25, -0.2) is 0 Å². The van der Waals surface area contributed by atoms with Gasteiger partial charge in [0.05, 0.1) is 6.61 Å². The molecule has 2 aliphatic heterocycles. The van der Waals surface area contributed by atoms with E-state index in [0.29, 0.717) is 19.7 Å². The van der Waals surface area contributed by atoms with Gasteiger partial charge in [0.1, 0.15) is 6.10 Å². The first-order chi connectivity index (χ1) is 14.1. The van der Waals surface area contributed by atoms with Gasteiger partial charge in [0.2, 0.25) is 6.79 Å². The molecular formula is C23H28N2O4. The highest BCUT2D eigenvalue weighted by Crippen LogP contribution is 2.36. The van der Waals surface area contributed by atoms with Gasteiger partial charge in [-0.2, -0.15) is 0 Å². The summed E-state index contributed by atoms with van der Waals surface area (Å²) < 4.78 is 17.0. The van der Waals surface area contributed by atoms with Crippen LogP contribution >= 0.6 is 0 Å². The first kappa shape index (κ1) is 19.7. The third-order valence-corrected chi connectivity index (χ3v) is 5.40. The van der Waals surface area contributed by atoms with Gasteiger partial charge in [0.25, 0.3) is 5.91 Å². The minimum Gasteiger partial charge on any atom is -0.454 e. The zero-order valence-corrected chi connectivity index (χ0v) is 17.0. The van der Waals surface area contributed by atoms with Gasteiger partial charge < -0.3 is 19.1 Å². The predicted octanol–water partition coefficient (Wildman–Crippen LogP) is 3.05. The Hall–Kier alpha value is -2.57. The van der Waals surface area contributed by atoms with E-state index in [1.165, 1.54) is 5.56 Å². The Morgan fingerprint density at radius 2 is 1.97 bits per heavy atom. The van der Waals surface area contributed by atoms with Crippen molar-refractivity contribution in [1.82, 2.24) is 9.80 Å². The van der Waals surface area contributed by atoms with Crippen LogP contribution in [0.25, 0.3) is 0 Å². The Morgan fingerprint density at radius 3 is 2.76 bits per heavy atom. The molecule has 4 rings (SSSR count). The molecule has 0 spiro atoms. The van der Waals surface area contributed by atoms with E-state index in [9.17, 15) is 4.79 Å². The van der Waals surface area contributed by atoms with Crippen LogP contribution in [-0.2, 0) is 22.6 Å². The molecule has 1 saturated heterocycles. The fourth-order valence-electron chi connectivity index (χ4n) is 3.84. The average molecular weight is 396 g/mol. The van der Waals surface area contributed by atoms with Crippen LogP contribution in [-0.4, -0.2) is 54.3 Å². The molecule has 0 bridgehead atoms. The van der Waals surface area contributed by atoms with Gasteiger partial charge in [-0.05, 0) is 25.5 Å². The molecule has 154 valence electrons. The lowest BCUT2D eigenvalue weighted by Gasteiger charge is -2.36. The summed E-state index contributed by atoms with van der Waals surface area (Å²) in [6, 6.07) is 16.2. The highest BCUT2D eigenvalue weighted by atomic mass is 16.7. The summed E-state index contributed by atoms with van der Waals surface area (Å²) in [5, 5.41) is 0. The van der Waals surface area contributed by atoms with Gasteiger partial charge in [0.15, 0.2) is 11.5 Å². The lowest BCUT2D eigenvalue weighted by atomic mass is 10.1. The summed E-state index contributed by atoms with van der Waals surface area (Å²) in [5.41, 5.74) is 2.21. The maximum absolute atomic E-state index is 13.3.